The number of benzene rings is 1. The second-order valence-electron chi connectivity index (χ2n) is 5.94. The van der Waals surface area contributed by atoms with Crippen LogP contribution in [0.3, 0.4) is 0 Å². The predicted octanol–water partition coefficient (Wildman–Crippen LogP) is 1.50. The smallest absolute Gasteiger partial charge is 0.261 e. The van der Waals surface area contributed by atoms with Gasteiger partial charge < -0.3 is 5.32 Å². The number of nitrogens with one attached hydrogen (secondary N) is 1. The molecule has 2 aromatic heterocycles. The second kappa shape index (κ2) is 7.74. The van der Waals surface area contributed by atoms with E-state index in [1.54, 1.807) is 12.3 Å². The summed E-state index contributed by atoms with van der Waals surface area (Å²) >= 11 is 0. The number of aryl methyl sites for hydroxylation is 3. The van der Waals surface area contributed by atoms with Gasteiger partial charge in [0.2, 0.25) is 5.91 Å². The van der Waals surface area contributed by atoms with Crippen LogP contribution in [-0.2, 0) is 17.9 Å². The van der Waals surface area contributed by atoms with E-state index in [1.807, 2.05) is 36.0 Å². The van der Waals surface area contributed by atoms with E-state index in [4.69, 9.17) is 0 Å². The van der Waals surface area contributed by atoms with Gasteiger partial charge in [-0.15, -0.1) is 0 Å². The van der Waals surface area contributed by atoms with Crippen molar-refractivity contribution in [1.82, 2.24) is 24.6 Å². The van der Waals surface area contributed by atoms with Gasteiger partial charge in [-0.05, 0) is 31.0 Å². The molecular formula is C18H21N5O2. The number of carbonyl (C=O) groups is 1. The van der Waals surface area contributed by atoms with E-state index in [-0.39, 0.29) is 17.9 Å². The molecule has 3 aromatic rings. The number of aromatic nitrogens is 4. The van der Waals surface area contributed by atoms with Crippen LogP contribution in [0.4, 0.5) is 0 Å². The standard InChI is InChI=1S/C18H21N5O2/c1-14-5-2-6-15-17(14)20-13-22(18(15)25)12-7-16(24)19-8-3-10-23-11-4-9-21-23/h2,4-6,9,11,13H,3,7-8,10,12H2,1H3,(H,19,24). The third kappa shape index (κ3) is 4.12. The molecule has 0 saturated heterocycles. The molecule has 0 spiro atoms. The van der Waals surface area contributed by atoms with Crippen molar-refractivity contribution in [3.63, 3.8) is 0 Å². The van der Waals surface area contributed by atoms with Crippen LogP contribution < -0.4 is 10.9 Å². The largest absolute Gasteiger partial charge is 0.356 e. The Balaban J connectivity index is 1.51. The maximum absolute atomic E-state index is 12.5. The van der Waals surface area contributed by atoms with Gasteiger partial charge in [-0.1, -0.05) is 12.1 Å². The quantitative estimate of drug-likeness (QED) is 0.661. The molecule has 0 aliphatic rings. The molecule has 0 saturated carbocycles. The minimum atomic E-state index is -0.111. The Morgan fingerprint density at radius 3 is 2.92 bits per heavy atom. The summed E-state index contributed by atoms with van der Waals surface area (Å²) in [5.74, 6) is -0.0725. The van der Waals surface area contributed by atoms with Crippen LogP contribution in [0.15, 0.2) is 47.8 Å². The molecule has 0 aliphatic carbocycles. The van der Waals surface area contributed by atoms with Crippen LogP contribution in [0.1, 0.15) is 18.4 Å². The van der Waals surface area contributed by atoms with E-state index in [0.717, 1.165) is 18.5 Å². The fourth-order valence-corrected chi connectivity index (χ4v) is 2.71. The zero-order valence-electron chi connectivity index (χ0n) is 14.2. The van der Waals surface area contributed by atoms with Crippen molar-refractivity contribution >= 4 is 16.8 Å². The van der Waals surface area contributed by atoms with Gasteiger partial charge in [0.05, 0.1) is 17.2 Å². The van der Waals surface area contributed by atoms with E-state index in [9.17, 15) is 9.59 Å². The highest BCUT2D eigenvalue weighted by molar-refractivity contribution is 5.80. The van der Waals surface area contributed by atoms with Gasteiger partial charge in [-0.25, -0.2) is 4.98 Å². The first kappa shape index (κ1) is 16.9. The average molecular weight is 339 g/mol. The van der Waals surface area contributed by atoms with Gasteiger partial charge in [-0.2, -0.15) is 5.10 Å². The average Bonchev–Trinajstić information content (AvgIpc) is 3.12. The first-order valence-corrected chi connectivity index (χ1v) is 8.34. The monoisotopic (exact) mass is 339 g/mol. The fourth-order valence-electron chi connectivity index (χ4n) is 2.71. The molecule has 0 fully saturated rings. The zero-order chi connectivity index (χ0) is 17.6. The summed E-state index contributed by atoms with van der Waals surface area (Å²) in [6.45, 7) is 3.60. The van der Waals surface area contributed by atoms with Crippen LogP contribution in [-0.4, -0.2) is 31.8 Å². The summed E-state index contributed by atoms with van der Waals surface area (Å²) in [6.07, 6.45) is 6.20. The van der Waals surface area contributed by atoms with Crippen molar-refractivity contribution in [2.75, 3.05) is 6.54 Å². The van der Waals surface area contributed by atoms with Gasteiger partial charge in [0.25, 0.3) is 5.56 Å². The van der Waals surface area contributed by atoms with E-state index in [2.05, 4.69) is 15.4 Å². The molecule has 0 atom stereocenters. The van der Waals surface area contributed by atoms with Gasteiger partial charge in [-0.3, -0.25) is 18.8 Å². The number of carbonyl (C=O) groups excluding carboxylic acids is 1. The Morgan fingerprint density at radius 1 is 1.24 bits per heavy atom. The molecule has 1 N–H and O–H groups in total. The molecular weight excluding hydrogens is 318 g/mol. The highest BCUT2D eigenvalue weighted by Gasteiger charge is 2.07. The highest BCUT2D eigenvalue weighted by Crippen LogP contribution is 2.11. The van der Waals surface area contributed by atoms with E-state index in [0.29, 0.717) is 24.0 Å². The van der Waals surface area contributed by atoms with E-state index in [1.165, 1.54) is 10.9 Å². The minimum absolute atomic E-state index is 0.0725. The van der Waals surface area contributed by atoms with Gasteiger partial charge >= 0.3 is 0 Å². The summed E-state index contributed by atoms with van der Waals surface area (Å²) < 4.78 is 3.32. The number of rotatable bonds is 7. The van der Waals surface area contributed by atoms with Gasteiger partial charge in [0, 0.05) is 38.4 Å². The molecule has 7 nitrogen and oxygen atoms in total. The predicted molar refractivity (Wildman–Crippen MR) is 95.2 cm³/mol. The van der Waals surface area contributed by atoms with Crippen molar-refractivity contribution < 1.29 is 4.79 Å². The first-order valence-electron chi connectivity index (χ1n) is 8.34. The zero-order valence-corrected chi connectivity index (χ0v) is 14.2. The fraction of sp³-hybridized carbons (Fsp3) is 0.333. The molecule has 0 aliphatic heterocycles. The van der Waals surface area contributed by atoms with E-state index < -0.39 is 0 Å². The number of hydrogen-bond acceptors (Lipinski definition) is 4. The van der Waals surface area contributed by atoms with Crippen LogP contribution >= 0.6 is 0 Å². The summed E-state index contributed by atoms with van der Waals surface area (Å²) in [5, 5.41) is 7.56. The lowest BCUT2D eigenvalue weighted by Crippen LogP contribution is -2.28. The normalized spacial score (nSPS) is 10.9. The molecule has 7 heteroatoms. The number of fused-ring (bicyclic) bond motifs is 1. The lowest BCUT2D eigenvalue weighted by atomic mass is 10.1. The van der Waals surface area contributed by atoms with Crippen LogP contribution in [0.2, 0.25) is 0 Å². The Morgan fingerprint density at radius 2 is 2.12 bits per heavy atom. The molecule has 3 rings (SSSR count). The van der Waals surface area contributed by atoms with Crippen molar-refractivity contribution in [2.45, 2.75) is 32.9 Å². The van der Waals surface area contributed by atoms with E-state index >= 15 is 0 Å². The SMILES string of the molecule is Cc1cccc2c(=O)n(CCC(=O)NCCCn3cccn3)cnc12. The minimum Gasteiger partial charge on any atom is -0.356 e. The molecule has 25 heavy (non-hydrogen) atoms. The molecule has 1 amide bonds. The molecule has 0 radical (unpaired) electrons. The molecule has 130 valence electrons. The summed E-state index contributed by atoms with van der Waals surface area (Å²) in [5.41, 5.74) is 1.57. The van der Waals surface area contributed by atoms with Crippen LogP contribution in [0.25, 0.3) is 10.9 Å². The Bertz CT molecular complexity index is 915. The van der Waals surface area contributed by atoms with Crippen molar-refractivity contribution in [3.05, 3.63) is 58.9 Å². The third-order valence-corrected chi connectivity index (χ3v) is 4.08. The topological polar surface area (TPSA) is 81.8 Å². The lowest BCUT2D eigenvalue weighted by Gasteiger charge is -2.08. The number of amides is 1. The number of nitrogens with zero attached hydrogens (tertiary/aromatic N) is 4. The second-order valence-corrected chi connectivity index (χ2v) is 5.94. The van der Waals surface area contributed by atoms with Crippen molar-refractivity contribution in [1.29, 1.82) is 0 Å². The molecule has 1 aromatic carbocycles. The van der Waals surface area contributed by atoms with Crippen LogP contribution in [0.5, 0.6) is 0 Å². The molecule has 0 bridgehead atoms. The maximum Gasteiger partial charge on any atom is 0.261 e. The molecule has 2 heterocycles. The lowest BCUT2D eigenvalue weighted by molar-refractivity contribution is -0.121. The summed E-state index contributed by atoms with van der Waals surface area (Å²) in [7, 11) is 0. The number of hydrogen-bond donors (Lipinski definition) is 1. The number of para-hydroxylation sites is 1. The summed E-state index contributed by atoms with van der Waals surface area (Å²) in [4.78, 5) is 28.7. The Hall–Kier alpha value is -2.96. The molecule has 0 unspecified atom stereocenters. The van der Waals surface area contributed by atoms with Gasteiger partial charge in [0.1, 0.15) is 0 Å². The van der Waals surface area contributed by atoms with Crippen molar-refractivity contribution in [3.8, 4) is 0 Å². The maximum atomic E-state index is 12.5. The first-order chi connectivity index (χ1) is 12.1. The third-order valence-electron chi connectivity index (χ3n) is 4.08. The summed E-state index contributed by atoms with van der Waals surface area (Å²) in [6, 6.07) is 7.41. The van der Waals surface area contributed by atoms with Crippen molar-refractivity contribution in [2.24, 2.45) is 0 Å². The Labute approximate surface area is 145 Å². The Kier molecular flexibility index (Phi) is 5.23. The highest BCUT2D eigenvalue weighted by atomic mass is 16.1. The van der Waals surface area contributed by atoms with Crippen LogP contribution in [0, 0.1) is 6.92 Å². The van der Waals surface area contributed by atoms with Gasteiger partial charge in [0.15, 0.2) is 0 Å².